The molecule has 3 rings (SSSR count). The van der Waals surface area contributed by atoms with E-state index in [1.54, 1.807) is 11.1 Å². The van der Waals surface area contributed by atoms with E-state index < -0.39 is 0 Å². The first-order valence-electron chi connectivity index (χ1n) is 6.82. The van der Waals surface area contributed by atoms with E-state index in [9.17, 15) is 4.79 Å². The number of benzene rings is 1. The molecule has 2 aliphatic heterocycles. The predicted molar refractivity (Wildman–Crippen MR) is 74.3 cm³/mol. The van der Waals surface area contributed by atoms with Gasteiger partial charge in [-0.25, -0.2) is 4.79 Å². The number of carbonyl (C=O) groups excluding carboxylic acids is 1. The Labute approximate surface area is 119 Å². The van der Waals surface area contributed by atoms with Gasteiger partial charge in [0.1, 0.15) is 6.61 Å². The summed E-state index contributed by atoms with van der Waals surface area (Å²) >= 11 is 0. The summed E-state index contributed by atoms with van der Waals surface area (Å²) in [5, 5.41) is 8.89. The van der Waals surface area contributed by atoms with Crippen LogP contribution >= 0.6 is 0 Å². The van der Waals surface area contributed by atoms with Gasteiger partial charge in [-0.15, -0.1) is 0 Å². The number of piperidine rings is 1. The van der Waals surface area contributed by atoms with Gasteiger partial charge in [-0.1, -0.05) is 30.3 Å². The van der Waals surface area contributed by atoms with Crippen molar-refractivity contribution in [3.05, 3.63) is 35.9 Å². The van der Waals surface area contributed by atoms with Crippen LogP contribution in [0.25, 0.3) is 0 Å². The molecule has 2 aliphatic rings. The van der Waals surface area contributed by atoms with Crippen LogP contribution in [0, 0.1) is 11.3 Å². The van der Waals surface area contributed by atoms with Crippen molar-refractivity contribution in [2.24, 2.45) is 0 Å². The highest BCUT2D eigenvalue weighted by molar-refractivity contribution is 5.76. The summed E-state index contributed by atoms with van der Waals surface area (Å²) in [6, 6.07) is 12.0. The summed E-state index contributed by atoms with van der Waals surface area (Å²) in [7, 11) is 0. The van der Waals surface area contributed by atoms with Gasteiger partial charge >= 0.3 is 6.03 Å². The Kier molecular flexibility index (Phi) is 4.97. The number of amides is 2. The summed E-state index contributed by atoms with van der Waals surface area (Å²) in [4.78, 5) is 19.5. The lowest BCUT2D eigenvalue weighted by Crippen LogP contribution is -2.33. The molecule has 2 amide bonds. The van der Waals surface area contributed by atoms with Crippen LogP contribution in [0.1, 0.15) is 25.3 Å². The molecule has 1 aromatic carbocycles. The van der Waals surface area contributed by atoms with E-state index in [0.717, 1.165) is 31.5 Å². The second-order valence-electron chi connectivity index (χ2n) is 4.83. The molecule has 0 spiro atoms. The maximum absolute atomic E-state index is 11.9. The summed E-state index contributed by atoms with van der Waals surface area (Å²) in [5.74, 6) is 0. The van der Waals surface area contributed by atoms with E-state index >= 15 is 0 Å². The number of fused-ring (bicyclic) bond motifs is 2. The molecule has 0 N–H and O–H groups in total. The number of urea groups is 1. The fourth-order valence-corrected chi connectivity index (χ4v) is 2.49. The molecule has 2 heterocycles. The Bertz CT molecular complexity index is 484. The third kappa shape index (κ3) is 3.28. The number of nitriles is 1. The Morgan fingerprint density at radius 1 is 1.40 bits per heavy atom. The Hall–Kier alpha value is -2.06. The Morgan fingerprint density at radius 3 is 2.75 bits per heavy atom. The fraction of sp³-hybridized carbons (Fsp3) is 0.467. The third-order valence-corrected chi connectivity index (χ3v) is 3.40. The van der Waals surface area contributed by atoms with Gasteiger partial charge in [0.2, 0.25) is 0 Å². The molecular formula is C15H19N3O2. The lowest BCUT2D eigenvalue weighted by molar-refractivity contribution is -0.140. The maximum atomic E-state index is 11.9. The maximum Gasteiger partial charge on any atom is 0.344 e. The van der Waals surface area contributed by atoms with Crippen LogP contribution in [-0.2, 0) is 11.4 Å². The lowest BCUT2D eigenvalue weighted by atomic mass is 10.1. The molecule has 1 atom stereocenters. The van der Waals surface area contributed by atoms with Gasteiger partial charge in [0.05, 0.1) is 12.1 Å². The van der Waals surface area contributed by atoms with Crippen LogP contribution in [0.5, 0.6) is 0 Å². The second kappa shape index (κ2) is 6.92. The number of rotatable bonds is 3. The first kappa shape index (κ1) is 14.4. The summed E-state index contributed by atoms with van der Waals surface area (Å²) in [6.45, 7) is 3.60. The van der Waals surface area contributed by atoms with Gasteiger partial charge in [0.25, 0.3) is 0 Å². The van der Waals surface area contributed by atoms with Gasteiger partial charge in [0.15, 0.2) is 0 Å². The summed E-state index contributed by atoms with van der Waals surface area (Å²) in [5.41, 5.74) is 1.09. The van der Waals surface area contributed by atoms with E-state index in [-0.39, 0.29) is 12.1 Å². The molecule has 5 nitrogen and oxygen atoms in total. The molecule has 20 heavy (non-hydrogen) atoms. The van der Waals surface area contributed by atoms with Crippen LogP contribution < -0.4 is 0 Å². The lowest BCUT2D eigenvalue weighted by Gasteiger charge is -2.22. The molecule has 106 valence electrons. The van der Waals surface area contributed by atoms with Crippen molar-refractivity contribution in [3.63, 3.8) is 0 Å². The van der Waals surface area contributed by atoms with E-state index in [2.05, 4.69) is 0 Å². The Morgan fingerprint density at radius 2 is 2.10 bits per heavy atom. The third-order valence-electron chi connectivity index (χ3n) is 3.40. The van der Waals surface area contributed by atoms with E-state index in [4.69, 9.17) is 10.1 Å². The van der Waals surface area contributed by atoms with Crippen molar-refractivity contribution in [3.8, 4) is 6.07 Å². The highest BCUT2D eigenvalue weighted by atomic mass is 16.7. The van der Waals surface area contributed by atoms with Crippen molar-refractivity contribution in [1.82, 2.24) is 9.96 Å². The average molecular weight is 273 g/mol. The minimum absolute atomic E-state index is 0.0310. The number of hydrogen-bond acceptors (Lipinski definition) is 3. The van der Waals surface area contributed by atoms with Crippen LogP contribution in [-0.4, -0.2) is 35.1 Å². The van der Waals surface area contributed by atoms with E-state index in [1.807, 2.05) is 35.2 Å². The van der Waals surface area contributed by atoms with Gasteiger partial charge in [-0.05, 0) is 18.4 Å². The van der Waals surface area contributed by atoms with Gasteiger partial charge in [-0.2, -0.15) is 10.3 Å². The molecule has 2 saturated heterocycles. The normalized spacial score (nSPS) is 20.2. The number of carbonyl (C=O) groups is 1. The molecule has 5 heteroatoms. The molecule has 0 aliphatic carbocycles. The Balaban J connectivity index is 0.000000452. The topological polar surface area (TPSA) is 56.6 Å². The van der Waals surface area contributed by atoms with Gasteiger partial charge < -0.3 is 4.90 Å². The van der Waals surface area contributed by atoms with Crippen LogP contribution in [0.3, 0.4) is 0 Å². The van der Waals surface area contributed by atoms with Crippen LogP contribution in [0.2, 0.25) is 0 Å². The zero-order valence-corrected chi connectivity index (χ0v) is 11.7. The highest BCUT2D eigenvalue weighted by Gasteiger charge is 2.40. The zero-order valence-electron chi connectivity index (χ0n) is 11.7. The van der Waals surface area contributed by atoms with Crippen molar-refractivity contribution < 1.29 is 9.63 Å². The summed E-state index contributed by atoms with van der Waals surface area (Å²) < 4.78 is 0. The number of hydroxylamine groups is 2. The fourth-order valence-electron chi connectivity index (χ4n) is 2.49. The second-order valence-corrected chi connectivity index (χ2v) is 4.83. The molecule has 2 fully saturated rings. The average Bonchev–Trinajstić information content (AvgIpc) is 2.69. The SMILES string of the molecule is CC#N.O=C1N2CCCC(C2)N1OCc1ccccc1. The molecule has 0 saturated carbocycles. The largest absolute Gasteiger partial charge is 0.344 e. The standard InChI is InChI=1S/C13H16N2O2.C2H3N/c16-13-14-8-4-7-12(9-14)15(13)17-10-11-5-2-1-3-6-11;1-2-3/h1-3,5-6,12H,4,7-10H2;1H3. The molecule has 1 aromatic rings. The van der Waals surface area contributed by atoms with Gasteiger partial charge in [0, 0.05) is 20.0 Å². The molecule has 2 bridgehead atoms. The number of nitrogens with zero attached hydrogens (tertiary/aromatic N) is 3. The van der Waals surface area contributed by atoms with Crippen molar-refractivity contribution in [2.45, 2.75) is 32.4 Å². The first-order chi connectivity index (χ1) is 9.76. The predicted octanol–water partition coefficient (Wildman–Crippen LogP) is 2.55. The van der Waals surface area contributed by atoms with Crippen LogP contribution in [0.4, 0.5) is 4.79 Å². The first-order valence-corrected chi connectivity index (χ1v) is 6.82. The monoisotopic (exact) mass is 273 g/mol. The van der Waals surface area contributed by atoms with Crippen molar-refractivity contribution >= 4 is 6.03 Å². The zero-order chi connectivity index (χ0) is 14.4. The van der Waals surface area contributed by atoms with Crippen molar-refractivity contribution in [1.29, 1.82) is 5.26 Å². The highest BCUT2D eigenvalue weighted by Crippen LogP contribution is 2.25. The molecular weight excluding hydrogens is 254 g/mol. The van der Waals surface area contributed by atoms with Crippen LogP contribution in [0.15, 0.2) is 30.3 Å². The van der Waals surface area contributed by atoms with E-state index in [0.29, 0.717) is 6.61 Å². The minimum atomic E-state index is 0.0310. The smallest absolute Gasteiger partial charge is 0.321 e. The van der Waals surface area contributed by atoms with E-state index in [1.165, 1.54) is 6.92 Å². The quantitative estimate of drug-likeness (QED) is 0.850. The van der Waals surface area contributed by atoms with Gasteiger partial charge in [-0.3, -0.25) is 4.84 Å². The molecule has 0 radical (unpaired) electrons. The minimum Gasteiger partial charge on any atom is -0.321 e. The molecule has 0 aromatic heterocycles. The number of hydrogen-bond donors (Lipinski definition) is 0. The molecule has 1 unspecified atom stereocenters. The summed E-state index contributed by atoms with van der Waals surface area (Å²) in [6.07, 6.45) is 2.14. The van der Waals surface area contributed by atoms with Crippen molar-refractivity contribution in [2.75, 3.05) is 13.1 Å².